The number of nitrogens with zero attached hydrogens (tertiary/aromatic N) is 1. The molecule has 3 nitrogen and oxygen atoms in total. The molecule has 1 aromatic rings. The summed E-state index contributed by atoms with van der Waals surface area (Å²) >= 11 is 6.15. The fourth-order valence-corrected chi connectivity index (χ4v) is 2.55. The van der Waals surface area contributed by atoms with Crippen molar-refractivity contribution in [1.82, 2.24) is 4.90 Å². The van der Waals surface area contributed by atoms with Crippen LogP contribution in [0.5, 0.6) is 5.75 Å². The van der Waals surface area contributed by atoms with E-state index in [-0.39, 0.29) is 0 Å². The molecule has 0 aliphatic carbocycles. The largest absolute Gasteiger partial charge is 0.494 e. The summed E-state index contributed by atoms with van der Waals surface area (Å²) in [6.45, 7) is 9.82. The van der Waals surface area contributed by atoms with E-state index in [0.29, 0.717) is 0 Å². The minimum atomic E-state index is 0.769. The van der Waals surface area contributed by atoms with E-state index in [1.54, 1.807) is 0 Å². The molecule has 1 fully saturated rings. The smallest absolute Gasteiger partial charge is 0.119 e. The van der Waals surface area contributed by atoms with Crippen LogP contribution in [-0.2, 0) is 4.74 Å². The number of unbranched alkanes of at least 4 members (excludes halogenated alkanes) is 1. The van der Waals surface area contributed by atoms with Crippen LogP contribution >= 0.6 is 11.6 Å². The molecule has 0 atom stereocenters. The molecule has 1 heterocycles. The number of aryl methyl sites for hydroxylation is 2. The SMILES string of the molecule is Cc1cc(OCCCCN2CCOCC2)cc(C)c1Cl. The summed E-state index contributed by atoms with van der Waals surface area (Å²) in [7, 11) is 0. The van der Waals surface area contributed by atoms with Crippen molar-refractivity contribution in [2.24, 2.45) is 0 Å². The topological polar surface area (TPSA) is 21.7 Å². The van der Waals surface area contributed by atoms with Gasteiger partial charge in [-0.15, -0.1) is 0 Å². The van der Waals surface area contributed by atoms with Gasteiger partial charge >= 0.3 is 0 Å². The molecule has 0 aromatic heterocycles. The molecule has 1 aromatic carbocycles. The van der Waals surface area contributed by atoms with E-state index in [4.69, 9.17) is 21.1 Å². The van der Waals surface area contributed by atoms with Gasteiger partial charge in [0.1, 0.15) is 5.75 Å². The minimum absolute atomic E-state index is 0.769. The van der Waals surface area contributed by atoms with Crippen LogP contribution in [0.15, 0.2) is 12.1 Å². The molecule has 2 rings (SSSR count). The zero-order valence-electron chi connectivity index (χ0n) is 12.5. The molecule has 0 amide bonds. The monoisotopic (exact) mass is 297 g/mol. The van der Waals surface area contributed by atoms with Gasteiger partial charge < -0.3 is 9.47 Å². The van der Waals surface area contributed by atoms with E-state index in [1.165, 1.54) is 6.42 Å². The summed E-state index contributed by atoms with van der Waals surface area (Å²) < 4.78 is 11.2. The average molecular weight is 298 g/mol. The highest BCUT2D eigenvalue weighted by Crippen LogP contribution is 2.25. The number of benzene rings is 1. The number of hydrogen-bond donors (Lipinski definition) is 0. The van der Waals surface area contributed by atoms with Gasteiger partial charge in [0, 0.05) is 18.1 Å². The van der Waals surface area contributed by atoms with E-state index in [9.17, 15) is 0 Å². The molecule has 112 valence electrons. The normalized spacial score (nSPS) is 16.4. The molecule has 0 radical (unpaired) electrons. The van der Waals surface area contributed by atoms with E-state index in [0.717, 1.165) is 67.8 Å². The van der Waals surface area contributed by atoms with Crippen molar-refractivity contribution in [1.29, 1.82) is 0 Å². The lowest BCUT2D eigenvalue weighted by Gasteiger charge is -2.26. The van der Waals surface area contributed by atoms with E-state index >= 15 is 0 Å². The Morgan fingerprint density at radius 3 is 2.45 bits per heavy atom. The van der Waals surface area contributed by atoms with Crippen molar-refractivity contribution in [3.63, 3.8) is 0 Å². The van der Waals surface area contributed by atoms with Crippen molar-refractivity contribution in [3.8, 4) is 5.75 Å². The van der Waals surface area contributed by atoms with Crippen LogP contribution < -0.4 is 4.74 Å². The van der Waals surface area contributed by atoms with Gasteiger partial charge in [-0.25, -0.2) is 0 Å². The van der Waals surface area contributed by atoms with Crippen molar-refractivity contribution in [3.05, 3.63) is 28.3 Å². The molecule has 20 heavy (non-hydrogen) atoms. The maximum atomic E-state index is 6.15. The minimum Gasteiger partial charge on any atom is -0.494 e. The third-order valence-electron chi connectivity index (χ3n) is 3.65. The molecule has 1 aliphatic heterocycles. The Kier molecular flexibility index (Phi) is 6.14. The van der Waals surface area contributed by atoms with Gasteiger partial charge in [0.2, 0.25) is 0 Å². The van der Waals surface area contributed by atoms with Crippen molar-refractivity contribution in [2.45, 2.75) is 26.7 Å². The van der Waals surface area contributed by atoms with Crippen LogP contribution in [0.2, 0.25) is 5.02 Å². The molecule has 0 N–H and O–H groups in total. The number of hydrogen-bond acceptors (Lipinski definition) is 3. The molecule has 1 aliphatic rings. The van der Waals surface area contributed by atoms with Crippen LogP contribution in [0, 0.1) is 13.8 Å². The highest BCUT2D eigenvalue weighted by molar-refractivity contribution is 6.32. The molecular weight excluding hydrogens is 274 g/mol. The summed E-state index contributed by atoms with van der Waals surface area (Å²) in [6, 6.07) is 4.02. The fourth-order valence-electron chi connectivity index (χ4n) is 2.44. The first-order chi connectivity index (χ1) is 9.66. The maximum Gasteiger partial charge on any atom is 0.119 e. The van der Waals surface area contributed by atoms with Gasteiger partial charge in [-0.2, -0.15) is 0 Å². The number of halogens is 1. The Morgan fingerprint density at radius 1 is 1.15 bits per heavy atom. The first kappa shape index (κ1) is 15.6. The van der Waals surface area contributed by atoms with Gasteiger partial charge in [0.05, 0.1) is 19.8 Å². The molecular formula is C16H24ClNO2. The Labute approximate surface area is 126 Å². The average Bonchev–Trinajstić information content (AvgIpc) is 2.45. The highest BCUT2D eigenvalue weighted by Gasteiger charge is 2.09. The van der Waals surface area contributed by atoms with Gasteiger partial charge in [-0.05, 0) is 56.5 Å². The van der Waals surface area contributed by atoms with Gasteiger partial charge in [-0.3, -0.25) is 4.90 Å². The lowest BCUT2D eigenvalue weighted by atomic mass is 10.1. The summed E-state index contributed by atoms with van der Waals surface area (Å²) in [4.78, 5) is 2.46. The molecule has 0 saturated carbocycles. The van der Waals surface area contributed by atoms with Crippen molar-refractivity contribution in [2.75, 3.05) is 39.5 Å². The molecule has 1 saturated heterocycles. The Hall–Kier alpha value is -0.770. The molecule has 4 heteroatoms. The van der Waals surface area contributed by atoms with Crippen LogP contribution in [0.3, 0.4) is 0 Å². The number of morpholine rings is 1. The number of ether oxygens (including phenoxy) is 2. The Bertz CT molecular complexity index is 407. The van der Waals surface area contributed by atoms with Crippen LogP contribution in [0.25, 0.3) is 0 Å². The standard InChI is InChI=1S/C16H24ClNO2/c1-13-11-15(12-14(2)16(13)17)20-8-4-3-5-18-6-9-19-10-7-18/h11-12H,3-10H2,1-2H3. The van der Waals surface area contributed by atoms with Crippen molar-refractivity contribution >= 4 is 11.6 Å². The summed E-state index contributed by atoms with van der Waals surface area (Å²) in [5.74, 6) is 0.927. The van der Waals surface area contributed by atoms with Crippen LogP contribution in [0.4, 0.5) is 0 Å². The zero-order chi connectivity index (χ0) is 14.4. The Morgan fingerprint density at radius 2 is 1.80 bits per heavy atom. The van der Waals surface area contributed by atoms with Gasteiger partial charge in [0.25, 0.3) is 0 Å². The van der Waals surface area contributed by atoms with Crippen molar-refractivity contribution < 1.29 is 9.47 Å². The van der Waals surface area contributed by atoms with E-state index in [2.05, 4.69) is 4.90 Å². The first-order valence-electron chi connectivity index (χ1n) is 7.36. The molecule has 0 spiro atoms. The Balaban J connectivity index is 1.65. The summed E-state index contributed by atoms with van der Waals surface area (Å²) in [5.41, 5.74) is 2.16. The first-order valence-corrected chi connectivity index (χ1v) is 7.74. The quantitative estimate of drug-likeness (QED) is 0.751. The fraction of sp³-hybridized carbons (Fsp3) is 0.625. The zero-order valence-corrected chi connectivity index (χ0v) is 13.2. The lowest BCUT2D eigenvalue weighted by Crippen LogP contribution is -2.36. The predicted molar refractivity (Wildman–Crippen MR) is 82.9 cm³/mol. The van der Waals surface area contributed by atoms with Gasteiger partial charge in [-0.1, -0.05) is 11.6 Å². The van der Waals surface area contributed by atoms with E-state index in [1.807, 2.05) is 26.0 Å². The third-order valence-corrected chi connectivity index (χ3v) is 4.25. The number of rotatable bonds is 6. The molecule has 0 bridgehead atoms. The second kappa shape index (κ2) is 7.87. The second-order valence-corrected chi connectivity index (χ2v) is 5.76. The highest BCUT2D eigenvalue weighted by atomic mass is 35.5. The van der Waals surface area contributed by atoms with E-state index < -0.39 is 0 Å². The molecule has 0 unspecified atom stereocenters. The summed E-state index contributed by atoms with van der Waals surface area (Å²) in [5, 5.41) is 0.838. The lowest BCUT2D eigenvalue weighted by molar-refractivity contribution is 0.0368. The van der Waals surface area contributed by atoms with Gasteiger partial charge in [0.15, 0.2) is 0 Å². The van der Waals surface area contributed by atoms with Crippen LogP contribution in [-0.4, -0.2) is 44.4 Å². The third kappa shape index (κ3) is 4.65. The second-order valence-electron chi connectivity index (χ2n) is 5.38. The maximum absolute atomic E-state index is 6.15. The van der Waals surface area contributed by atoms with Crippen LogP contribution in [0.1, 0.15) is 24.0 Å². The predicted octanol–water partition coefficient (Wildman–Crippen LogP) is 3.45. The summed E-state index contributed by atoms with van der Waals surface area (Å²) in [6.07, 6.45) is 2.25.